The van der Waals surface area contributed by atoms with Crippen molar-refractivity contribution < 1.29 is 13.2 Å². The quantitative estimate of drug-likeness (QED) is 0.798. The van der Waals surface area contributed by atoms with Gasteiger partial charge in [0.2, 0.25) is 10.0 Å². The van der Waals surface area contributed by atoms with Gasteiger partial charge in [-0.3, -0.25) is 4.72 Å². The zero-order chi connectivity index (χ0) is 14.3. The highest BCUT2D eigenvalue weighted by molar-refractivity contribution is 7.92. The predicted octanol–water partition coefficient (Wildman–Crippen LogP) is 2.75. The van der Waals surface area contributed by atoms with E-state index in [0.717, 1.165) is 12.0 Å². The SMILES string of the molecule is CCCCS(=O)(=O)Nc1cccc(CCC(C)=O)c1. The molecule has 0 spiro atoms. The molecule has 0 aromatic heterocycles. The number of ketones is 1. The van der Waals surface area contributed by atoms with Crippen LogP contribution in [0.4, 0.5) is 5.69 Å². The molecule has 0 atom stereocenters. The summed E-state index contributed by atoms with van der Waals surface area (Å²) in [4.78, 5) is 10.9. The van der Waals surface area contributed by atoms with Gasteiger partial charge in [-0.05, 0) is 37.5 Å². The third-order valence-electron chi connectivity index (χ3n) is 2.73. The van der Waals surface area contributed by atoms with Crippen LogP contribution in [0.2, 0.25) is 0 Å². The van der Waals surface area contributed by atoms with Crippen LogP contribution in [0, 0.1) is 0 Å². The minimum atomic E-state index is -3.26. The number of carbonyl (C=O) groups is 1. The predicted molar refractivity (Wildman–Crippen MR) is 77.8 cm³/mol. The van der Waals surface area contributed by atoms with Crippen molar-refractivity contribution in [3.63, 3.8) is 0 Å². The number of benzene rings is 1. The Hall–Kier alpha value is -1.36. The van der Waals surface area contributed by atoms with Crippen LogP contribution in [-0.2, 0) is 21.2 Å². The van der Waals surface area contributed by atoms with E-state index in [0.29, 0.717) is 24.9 Å². The van der Waals surface area contributed by atoms with E-state index in [-0.39, 0.29) is 11.5 Å². The van der Waals surface area contributed by atoms with E-state index < -0.39 is 10.0 Å². The Balaban J connectivity index is 2.68. The summed E-state index contributed by atoms with van der Waals surface area (Å²) in [5.74, 6) is 0.273. The van der Waals surface area contributed by atoms with Gasteiger partial charge in [-0.25, -0.2) is 8.42 Å². The van der Waals surface area contributed by atoms with Crippen LogP contribution in [0.1, 0.15) is 38.7 Å². The van der Waals surface area contributed by atoms with Crippen LogP contribution >= 0.6 is 0 Å². The highest BCUT2D eigenvalue weighted by Gasteiger charge is 2.09. The van der Waals surface area contributed by atoms with Crippen LogP contribution in [0.3, 0.4) is 0 Å². The first-order valence-corrected chi connectivity index (χ1v) is 8.17. The Morgan fingerprint density at radius 1 is 1.32 bits per heavy atom. The van der Waals surface area contributed by atoms with Crippen molar-refractivity contribution in [1.29, 1.82) is 0 Å². The van der Waals surface area contributed by atoms with Crippen molar-refractivity contribution in [2.75, 3.05) is 10.5 Å². The number of aryl methyl sites for hydroxylation is 1. The molecular weight excluding hydrogens is 262 g/mol. The van der Waals surface area contributed by atoms with E-state index in [2.05, 4.69) is 4.72 Å². The summed E-state index contributed by atoms with van der Waals surface area (Å²) in [6.45, 7) is 3.51. The van der Waals surface area contributed by atoms with Crippen molar-refractivity contribution in [2.45, 2.75) is 39.5 Å². The van der Waals surface area contributed by atoms with Crippen LogP contribution in [0.5, 0.6) is 0 Å². The molecule has 0 aliphatic rings. The lowest BCUT2D eigenvalue weighted by atomic mass is 10.1. The number of sulfonamides is 1. The maximum Gasteiger partial charge on any atom is 0.232 e. The summed E-state index contributed by atoms with van der Waals surface area (Å²) >= 11 is 0. The van der Waals surface area contributed by atoms with E-state index in [1.807, 2.05) is 13.0 Å². The summed E-state index contributed by atoms with van der Waals surface area (Å²) in [6.07, 6.45) is 2.62. The molecule has 4 nitrogen and oxygen atoms in total. The van der Waals surface area contributed by atoms with E-state index in [4.69, 9.17) is 0 Å². The first kappa shape index (κ1) is 15.7. The molecule has 106 valence electrons. The normalized spacial score (nSPS) is 11.3. The second kappa shape index (κ2) is 7.28. The smallest absolute Gasteiger partial charge is 0.232 e. The molecule has 0 amide bonds. The van der Waals surface area contributed by atoms with Crippen molar-refractivity contribution in [3.8, 4) is 0 Å². The molecule has 0 saturated heterocycles. The highest BCUT2D eigenvalue weighted by atomic mass is 32.2. The maximum absolute atomic E-state index is 11.8. The molecule has 0 aliphatic heterocycles. The van der Waals surface area contributed by atoms with Gasteiger partial charge in [-0.2, -0.15) is 0 Å². The lowest BCUT2D eigenvalue weighted by molar-refractivity contribution is -0.116. The largest absolute Gasteiger partial charge is 0.300 e. The average molecular weight is 283 g/mol. The van der Waals surface area contributed by atoms with Crippen LogP contribution in [0.15, 0.2) is 24.3 Å². The topological polar surface area (TPSA) is 63.2 Å². The van der Waals surface area contributed by atoms with Crippen molar-refractivity contribution in [2.24, 2.45) is 0 Å². The summed E-state index contributed by atoms with van der Waals surface area (Å²) < 4.78 is 26.1. The van der Waals surface area contributed by atoms with E-state index in [1.165, 1.54) is 0 Å². The van der Waals surface area contributed by atoms with E-state index >= 15 is 0 Å². The van der Waals surface area contributed by atoms with Gasteiger partial charge in [-0.15, -0.1) is 0 Å². The van der Waals surface area contributed by atoms with Crippen molar-refractivity contribution >= 4 is 21.5 Å². The number of hydrogen-bond acceptors (Lipinski definition) is 3. The van der Waals surface area contributed by atoms with Gasteiger partial charge in [-0.1, -0.05) is 25.5 Å². The first-order chi connectivity index (χ1) is 8.93. The molecule has 19 heavy (non-hydrogen) atoms. The molecule has 0 aliphatic carbocycles. The Morgan fingerprint density at radius 3 is 2.68 bits per heavy atom. The van der Waals surface area contributed by atoms with Crippen LogP contribution < -0.4 is 4.72 Å². The molecular formula is C14H21NO3S. The minimum absolute atomic E-state index is 0.133. The van der Waals surface area contributed by atoms with E-state index in [1.54, 1.807) is 25.1 Å². The lowest BCUT2D eigenvalue weighted by Crippen LogP contribution is -2.16. The number of anilines is 1. The first-order valence-electron chi connectivity index (χ1n) is 6.52. The molecule has 0 fully saturated rings. The fraction of sp³-hybridized carbons (Fsp3) is 0.500. The minimum Gasteiger partial charge on any atom is -0.300 e. The molecule has 0 saturated carbocycles. The van der Waals surface area contributed by atoms with Gasteiger partial charge < -0.3 is 4.79 Å². The molecule has 0 unspecified atom stereocenters. The molecule has 1 aromatic carbocycles. The number of Topliss-reactive ketones (excluding diaryl/α,β-unsaturated/α-hetero) is 1. The van der Waals surface area contributed by atoms with Crippen LogP contribution in [-0.4, -0.2) is 20.0 Å². The average Bonchev–Trinajstić information content (AvgIpc) is 2.34. The van der Waals surface area contributed by atoms with Crippen molar-refractivity contribution in [1.82, 2.24) is 0 Å². The summed E-state index contributed by atoms with van der Waals surface area (Å²) in [5.41, 5.74) is 1.53. The molecule has 0 radical (unpaired) electrons. The highest BCUT2D eigenvalue weighted by Crippen LogP contribution is 2.14. The van der Waals surface area contributed by atoms with Gasteiger partial charge in [0.05, 0.1) is 5.75 Å². The summed E-state index contributed by atoms with van der Waals surface area (Å²) in [5, 5.41) is 0. The monoisotopic (exact) mass is 283 g/mol. The third-order valence-corrected chi connectivity index (χ3v) is 4.11. The summed E-state index contributed by atoms with van der Waals surface area (Å²) in [6, 6.07) is 7.20. The fourth-order valence-electron chi connectivity index (χ4n) is 1.68. The Kier molecular flexibility index (Phi) is 6.02. The Bertz CT molecular complexity index is 523. The molecule has 5 heteroatoms. The zero-order valence-electron chi connectivity index (χ0n) is 11.5. The van der Waals surface area contributed by atoms with Gasteiger partial charge in [0, 0.05) is 12.1 Å². The molecule has 0 heterocycles. The number of unbranched alkanes of at least 4 members (excludes halogenated alkanes) is 1. The third kappa shape index (κ3) is 6.38. The fourth-order valence-corrected chi connectivity index (χ4v) is 2.93. The van der Waals surface area contributed by atoms with Crippen LogP contribution in [0.25, 0.3) is 0 Å². The Morgan fingerprint density at radius 2 is 2.05 bits per heavy atom. The van der Waals surface area contributed by atoms with Gasteiger partial charge >= 0.3 is 0 Å². The number of nitrogens with one attached hydrogen (secondary N) is 1. The molecule has 1 rings (SSSR count). The molecule has 0 bridgehead atoms. The number of carbonyl (C=O) groups excluding carboxylic acids is 1. The second-order valence-corrected chi connectivity index (χ2v) is 6.52. The van der Waals surface area contributed by atoms with Gasteiger partial charge in [0.15, 0.2) is 0 Å². The second-order valence-electron chi connectivity index (χ2n) is 4.68. The van der Waals surface area contributed by atoms with E-state index in [9.17, 15) is 13.2 Å². The maximum atomic E-state index is 11.8. The summed E-state index contributed by atoms with van der Waals surface area (Å²) in [7, 11) is -3.26. The standard InChI is InChI=1S/C14H21NO3S/c1-3-4-10-19(17,18)15-14-7-5-6-13(11-14)9-8-12(2)16/h5-7,11,15H,3-4,8-10H2,1-2H3. The zero-order valence-corrected chi connectivity index (χ0v) is 12.3. The molecule has 1 N–H and O–H groups in total. The van der Waals surface area contributed by atoms with Gasteiger partial charge in [0.1, 0.15) is 5.78 Å². The number of rotatable bonds is 8. The number of hydrogen-bond donors (Lipinski definition) is 1. The van der Waals surface area contributed by atoms with Gasteiger partial charge in [0.25, 0.3) is 0 Å². The van der Waals surface area contributed by atoms with Crippen molar-refractivity contribution in [3.05, 3.63) is 29.8 Å². The molecule has 1 aromatic rings. The Labute approximate surface area is 115 Å². The lowest BCUT2D eigenvalue weighted by Gasteiger charge is -2.09.